The quantitative estimate of drug-likeness (QED) is 0.803. The van der Waals surface area contributed by atoms with Crippen molar-refractivity contribution < 1.29 is 5.11 Å². The van der Waals surface area contributed by atoms with Gasteiger partial charge in [-0.05, 0) is 56.4 Å². The van der Waals surface area contributed by atoms with Gasteiger partial charge in [0.2, 0.25) is 0 Å². The first kappa shape index (κ1) is 11.7. The summed E-state index contributed by atoms with van der Waals surface area (Å²) < 4.78 is 0. The largest absolute Gasteiger partial charge is 0.393 e. The van der Waals surface area contributed by atoms with Crippen LogP contribution in [0, 0.1) is 11.8 Å². The fraction of sp³-hybridized carbons (Fsp3) is 0.600. The molecule has 1 aromatic carbocycles. The summed E-state index contributed by atoms with van der Waals surface area (Å²) >= 11 is 0. The summed E-state index contributed by atoms with van der Waals surface area (Å²) in [6.07, 6.45) is 6.09. The van der Waals surface area contributed by atoms with Crippen LogP contribution in [0.1, 0.15) is 38.2 Å². The van der Waals surface area contributed by atoms with Crippen molar-refractivity contribution in [2.45, 2.75) is 45.1 Å². The predicted molar refractivity (Wildman–Crippen MR) is 67.3 cm³/mol. The van der Waals surface area contributed by atoms with Crippen LogP contribution in [0.25, 0.3) is 0 Å². The molecule has 0 aliphatic heterocycles. The molecule has 1 nitrogen and oxygen atoms in total. The molecule has 1 heteroatoms. The van der Waals surface area contributed by atoms with Crippen molar-refractivity contribution in [3.63, 3.8) is 0 Å². The molecule has 0 bridgehead atoms. The first-order valence-corrected chi connectivity index (χ1v) is 6.46. The standard InChI is InChI=1S/C15H22O/c1-12(16)9-15-10-14(11-15)8-7-13-5-3-2-4-6-13/h2-6,12,14-16H,7-11H2,1H3. The van der Waals surface area contributed by atoms with Gasteiger partial charge in [-0.25, -0.2) is 0 Å². The van der Waals surface area contributed by atoms with E-state index in [1.165, 1.54) is 31.2 Å². The minimum atomic E-state index is -0.111. The molecule has 1 aliphatic rings. The van der Waals surface area contributed by atoms with Gasteiger partial charge in [0.05, 0.1) is 6.10 Å². The Morgan fingerprint density at radius 2 is 1.88 bits per heavy atom. The highest BCUT2D eigenvalue weighted by atomic mass is 16.3. The number of hydrogen-bond acceptors (Lipinski definition) is 1. The van der Waals surface area contributed by atoms with E-state index in [1.807, 2.05) is 6.92 Å². The Kier molecular flexibility index (Phi) is 4.00. The van der Waals surface area contributed by atoms with Crippen molar-refractivity contribution in [2.24, 2.45) is 11.8 Å². The Labute approximate surface area is 98.5 Å². The SMILES string of the molecule is CC(O)CC1CC(CCc2ccccc2)C1. The summed E-state index contributed by atoms with van der Waals surface area (Å²) in [5, 5.41) is 9.28. The summed E-state index contributed by atoms with van der Waals surface area (Å²) in [5.41, 5.74) is 1.46. The molecule has 0 heterocycles. The van der Waals surface area contributed by atoms with Crippen molar-refractivity contribution in [2.75, 3.05) is 0 Å². The number of aryl methyl sites for hydroxylation is 1. The van der Waals surface area contributed by atoms with Crippen LogP contribution in [-0.4, -0.2) is 11.2 Å². The number of aliphatic hydroxyl groups is 1. The summed E-state index contributed by atoms with van der Waals surface area (Å²) in [5.74, 6) is 1.70. The highest BCUT2D eigenvalue weighted by Gasteiger charge is 2.29. The number of aliphatic hydroxyl groups excluding tert-OH is 1. The molecular formula is C15H22O. The molecule has 1 N–H and O–H groups in total. The van der Waals surface area contributed by atoms with E-state index in [-0.39, 0.29) is 6.10 Å². The Morgan fingerprint density at radius 1 is 1.19 bits per heavy atom. The minimum Gasteiger partial charge on any atom is -0.393 e. The van der Waals surface area contributed by atoms with E-state index in [0.717, 1.165) is 18.3 Å². The van der Waals surface area contributed by atoms with Crippen LogP contribution in [0.2, 0.25) is 0 Å². The highest BCUT2D eigenvalue weighted by Crippen LogP contribution is 2.39. The van der Waals surface area contributed by atoms with Gasteiger partial charge >= 0.3 is 0 Å². The van der Waals surface area contributed by atoms with Gasteiger partial charge in [0.25, 0.3) is 0 Å². The lowest BCUT2D eigenvalue weighted by atomic mass is 9.70. The van der Waals surface area contributed by atoms with Crippen LogP contribution in [0.15, 0.2) is 30.3 Å². The van der Waals surface area contributed by atoms with E-state index >= 15 is 0 Å². The molecule has 16 heavy (non-hydrogen) atoms. The molecular weight excluding hydrogens is 196 g/mol. The number of benzene rings is 1. The summed E-state index contributed by atoms with van der Waals surface area (Å²) in [6.45, 7) is 1.90. The smallest absolute Gasteiger partial charge is 0.0514 e. The molecule has 0 spiro atoms. The van der Waals surface area contributed by atoms with E-state index in [9.17, 15) is 5.11 Å². The molecule has 1 atom stereocenters. The van der Waals surface area contributed by atoms with Gasteiger partial charge in [-0.3, -0.25) is 0 Å². The van der Waals surface area contributed by atoms with Crippen LogP contribution in [-0.2, 0) is 6.42 Å². The highest BCUT2D eigenvalue weighted by molar-refractivity contribution is 5.14. The molecule has 0 aromatic heterocycles. The molecule has 1 saturated carbocycles. The Morgan fingerprint density at radius 3 is 2.50 bits per heavy atom. The lowest BCUT2D eigenvalue weighted by molar-refractivity contribution is 0.0956. The lowest BCUT2D eigenvalue weighted by Crippen LogP contribution is -2.26. The second kappa shape index (κ2) is 5.49. The van der Waals surface area contributed by atoms with Crippen molar-refractivity contribution in [3.8, 4) is 0 Å². The third kappa shape index (κ3) is 3.34. The maximum Gasteiger partial charge on any atom is 0.0514 e. The lowest BCUT2D eigenvalue weighted by Gasteiger charge is -2.36. The fourth-order valence-corrected chi connectivity index (χ4v) is 2.80. The molecule has 1 fully saturated rings. The maximum absolute atomic E-state index is 9.28. The number of rotatable bonds is 5. The number of hydrogen-bond donors (Lipinski definition) is 1. The molecule has 0 amide bonds. The van der Waals surface area contributed by atoms with Gasteiger partial charge in [0.15, 0.2) is 0 Å². The van der Waals surface area contributed by atoms with Crippen LogP contribution in [0.4, 0.5) is 0 Å². The third-order valence-corrected chi connectivity index (χ3v) is 3.69. The molecule has 0 radical (unpaired) electrons. The van der Waals surface area contributed by atoms with Crippen molar-refractivity contribution in [1.82, 2.24) is 0 Å². The minimum absolute atomic E-state index is 0.111. The van der Waals surface area contributed by atoms with Gasteiger partial charge in [-0.15, -0.1) is 0 Å². The van der Waals surface area contributed by atoms with Crippen molar-refractivity contribution >= 4 is 0 Å². The Balaban J connectivity index is 1.63. The monoisotopic (exact) mass is 218 g/mol. The van der Waals surface area contributed by atoms with E-state index in [2.05, 4.69) is 30.3 Å². The van der Waals surface area contributed by atoms with Gasteiger partial charge in [0, 0.05) is 0 Å². The first-order chi connectivity index (χ1) is 7.74. The van der Waals surface area contributed by atoms with Gasteiger partial charge in [0.1, 0.15) is 0 Å². The zero-order chi connectivity index (χ0) is 11.4. The van der Waals surface area contributed by atoms with Crippen LogP contribution >= 0.6 is 0 Å². The topological polar surface area (TPSA) is 20.2 Å². The third-order valence-electron chi connectivity index (χ3n) is 3.69. The van der Waals surface area contributed by atoms with E-state index in [4.69, 9.17) is 0 Å². The van der Waals surface area contributed by atoms with Crippen LogP contribution in [0.5, 0.6) is 0 Å². The average molecular weight is 218 g/mol. The van der Waals surface area contributed by atoms with E-state index < -0.39 is 0 Å². The summed E-state index contributed by atoms with van der Waals surface area (Å²) in [6, 6.07) is 10.7. The molecule has 1 aromatic rings. The molecule has 0 saturated heterocycles. The predicted octanol–water partition coefficient (Wildman–Crippen LogP) is 3.42. The zero-order valence-corrected chi connectivity index (χ0v) is 10.1. The second-order valence-corrected chi connectivity index (χ2v) is 5.31. The van der Waals surface area contributed by atoms with Crippen LogP contribution < -0.4 is 0 Å². The molecule has 2 rings (SSSR count). The van der Waals surface area contributed by atoms with Crippen molar-refractivity contribution in [1.29, 1.82) is 0 Å². The molecule has 1 unspecified atom stereocenters. The molecule has 88 valence electrons. The van der Waals surface area contributed by atoms with Crippen LogP contribution in [0.3, 0.4) is 0 Å². The van der Waals surface area contributed by atoms with Gasteiger partial charge in [-0.1, -0.05) is 30.3 Å². The normalized spacial score (nSPS) is 26.1. The van der Waals surface area contributed by atoms with Crippen molar-refractivity contribution in [3.05, 3.63) is 35.9 Å². The molecule has 1 aliphatic carbocycles. The maximum atomic E-state index is 9.28. The zero-order valence-electron chi connectivity index (χ0n) is 10.1. The first-order valence-electron chi connectivity index (χ1n) is 6.46. The second-order valence-electron chi connectivity index (χ2n) is 5.31. The van der Waals surface area contributed by atoms with E-state index in [1.54, 1.807) is 0 Å². The summed E-state index contributed by atoms with van der Waals surface area (Å²) in [7, 11) is 0. The average Bonchev–Trinajstić information content (AvgIpc) is 2.22. The van der Waals surface area contributed by atoms with E-state index in [0.29, 0.717) is 0 Å². The Bertz CT molecular complexity index is 298. The van der Waals surface area contributed by atoms with Gasteiger partial charge < -0.3 is 5.11 Å². The summed E-state index contributed by atoms with van der Waals surface area (Å²) in [4.78, 5) is 0. The van der Waals surface area contributed by atoms with Gasteiger partial charge in [-0.2, -0.15) is 0 Å². The Hall–Kier alpha value is -0.820. The fourth-order valence-electron chi connectivity index (χ4n) is 2.80.